The fourth-order valence-corrected chi connectivity index (χ4v) is 4.45. The van der Waals surface area contributed by atoms with Crippen LogP contribution in [0.2, 0.25) is 10.0 Å². The van der Waals surface area contributed by atoms with E-state index in [9.17, 15) is 8.42 Å². The maximum atomic E-state index is 12.7. The van der Waals surface area contributed by atoms with Crippen molar-refractivity contribution >= 4 is 39.0 Å². The van der Waals surface area contributed by atoms with E-state index in [1.54, 1.807) is 20.0 Å². The number of halogens is 2. The van der Waals surface area contributed by atoms with Crippen molar-refractivity contribution < 1.29 is 8.42 Å². The number of aromatic nitrogens is 2. The topological polar surface area (TPSA) is 64.0 Å². The second kappa shape index (κ2) is 7.31. The molecule has 0 amide bonds. The van der Waals surface area contributed by atoms with Gasteiger partial charge in [0.2, 0.25) is 0 Å². The van der Waals surface area contributed by atoms with Crippen molar-refractivity contribution in [2.24, 2.45) is 7.05 Å². The van der Waals surface area contributed by atoms with Crippen LogP contribution in [0.15, 0.2) is 53.4 Å². The van der Waals surface area contributed by atoms with Crippen molar-refractivity contribution in [2.75, 3.05) is 4.72 Å². The first kappa shape index (κ1) is 18.8. The Balaban J connectivity index is 1.88. The van der Waals surface area contributed by atoms with E-state index in [4.69, 9.17) is 23.2 Å². The number of benzene rings is 2. The molecule has 2 aromatic carbocycles. The molecule has 0 bridgehead atoms. The molecule has 1 N–H and O–H groups in total. The van der Waals surface area contributed by atoms with E-state index in [2.05, 4.69) is 9.82 Å². The van der Waals surface area contributed by atoms with Gasteiger partial charge in [-0.15, -0.1) is 0 Å². The van der Waals surface area contributed by atoms with Crippen LogP contribution in [0.4, 0.5) is 5.82 Å². The molecular formula is C18H17Cl2N3O2S. The summed E-state index contributed by atoms with van der Waals surface area (Å²) >= 11 is 12.1. The highest BCUT2D eigenvalue weighted by molar-refractivity contribution is 7.92. The largest absolute Gasteiger partial charge is 0.264 e. The number of rotatable bonds is 5. The number of anilines is 1. The van der Waals surface area contributed by atoms with Crippen LogP contribution in [0.1, 0.15) is 16.8 Å². The molecule has 0 aliphatic heterocycles. The average molecular weight is 410 g/mol. The molecule has 8 heteroatoms. The van der Waals surface area contributed by atoms with Gasteiger partial charge in [-0.3, -0.25) is 9.40 Å². The van der Waals surface area contributed by atoms with Crippen molar-refractivity contribution in [3.8, 4) is 0 Å². The minimum absolute atomic E-state index is 0.0214. The Morgan fingerprint density at radius 3 is 2.46 bits per heavy atom. The molecule has 1 aromatic heterocycles. The first-order chi connectivity index (χ1) is 12.3. The van der Waals surface area contributed by atoms with E-state index < -0.39 is 10.0 Å². The lowest BCUT2D eigenvalue weighted by Gasteiger charge is -2.11. The standard InChI is InChI=1S/C18H17Cl2N3O2S/c1-12-8-17(16(20)11-15(12)19)26(24,25)22-18-10-14(21-23(18)2)9-13-6-4-3-5-7-13/h3-8,10-11,22H,9H2,1-2H3. The van der Waals surface area contributed by atoms with Gasteiger partial charge in [-0.25, -0.2) is 8.42 Å². The molecule has 5 nitrogen and oxygen atoms in total. The second-order valence-corrected chi connectivity index (χ2v) is 8.41. The molecule has 1 heterocycles. The number of nitrogens with one attached hydrogen (secondary N) is 1. The second-order valence-electron chi connectivity index (χ2n) is 5.94. The van der Waals surface area contributed by atoms with Crippen LogP contribution in [-0.4, -0.2) is 18.2 Å². The first-order valence-electron chi connectivity index (χ1n) is 7.81. The molecule has 0 spiro atoms. The van der Waals surface area contributed by atoms with Crippen LogP contribution in [0.5, 0.6) is 0 Å². The Morgan fingerprint density at radius 1 is 1.08 bits per heavy atom. The Labute approximate surface area is 162 Å². The Kier molecular flexibility index (Phi) is 5.27. The van der Waals surface area contributed by atoms with Crippen LogP contribution in [0.25, 0.3) is 0 Å². The highest BCUT2D eigenvalue weighted by Gasteiger charge is 2.21. The quantitative estimate of drug-likeness (QED) is 0.677. The Hall–Kier alpha value is -2.02. The maximum absolute atomic E-state index is 12.7. The molecule has 0 atom stereocenters. The van der Waals surface area contributed by atoms with Gasteiger partial charge in [0.05, 0.1) is 10.7 Å². The van der Waals surface area contributed by atoms with Gasteiger partial charge in [0, 0.05) is 24.6 Å². The van der Waals surface area contributed by atoms with E-state index >= 15 is 0 Å². The lowest BCUT2D eigenvalue weighted by atomic mass is 10.1. The summed E-state index contributed by atoms with van der Waals surface area (Å²) in [6.07, 6.45) is 0.608. The summed E-state index contributed by atoms with van der Waals surface area (Å²) in [5.74, 6) is 0.361. The molecule has 0 fully saturated rings. The Bertz CT molecular complexity index is 1050. The van der Waals surface area contributed by atoms with Crippen molar-refractivity contribution in [1.29, 1.82) is 0 Å². The van der Waals surface area contributed by atoms with Gasteiger partial charge in [-0.2, -0.15) is 5.10 Å². The molecule has 0 aliphatic carbocycles. The van der Waals surface area contributed by atoms with E-state index in [0.717, 1.165) is 11.3 Å². The number of hydrogen-bond donors (Lipinski definition) is 1. The predicted octanol–water partition coefficient (Wildman–Crippen LogP) is 4.43. The average Bonchev–Trinajstić information content (AvgIpc) is 2.90. The van der Waals surface area contributed by atoms with Crippen LogP contribution >= 0.6 is 23.2 Å². The minimum Gasteiger partial charge on any atom is -0.264 e. The SMILES string of the molecule is Cc1cc(S(=O)(=O)Nc2cc(Cc3ccccc3)nn2C)c(Cl)cc1Cl. The van der Waals surface area contributed by atoms with Crippen LogP contribution in [-0.2, 0) is 23.5 Å². The molecular weight excluding hydrogens is 393 g/mol. The van der Waals surface area contributed by atoms with Gasteiger partial charge < -0.3 is 0 Å². The fraction of sp³-hybridized carbons (Fsp3) is 0.167. The summed E-state index contributed by atoms with van der Waals surface area (Å²) < 4.78 is 29.5. The summed E-state index contributed by atoms with van der Waals surface area (Å²) in [5.41, 5.74) is 2.48. The lowest BCUT2D eigenvalue weighted by Crippen LogP contribution is -2.16. The van der Waals surface area contributed by atoms with Gasteiger partial charge in [-0.1, -0.05) is 53.5 Å². The molecule has 0 saturated carbocycles. The molecule has 26 heavy (non-hydrogen) atoms. The highest BCUT2D eigenvalue weighted by atomic mass is 35.5. The van der Waals surface area contributed by atoms with Gasteiger partial charge in [0.15, 0.2) is 0 Å². The van der Waals surface area contributed by atoms with E-state index in [-0.39, 0.29) is 9.92 Å². The summed E-state index contributed by atoms with van der Waals surface area (Å²) in [4.78, 5) is -0.0214. The molecule has 0 radical (unpaired) electrons. The van der Waals surface area contributed by atoms with E-state index in [0.29, 0.717) is 22.8 Å². The van der Waals surface area contributed by atoms with Gasteiger partial charge in [0.25, 0.3) is 10.0 Å². The zero-order valence-electron chi connectivity index (χ0n) is 14.2. The number of nitrogens with zero attached hydrogens (tertiary/aromatic N) is 2. The molecule has 0 aliphatic rings. The zero-order valence-corrected chi connectivity index (χ0v) is 16.5. The molecule has 3 aromatic rings. The lowest BCUT2D eigenvalue weighted by molar-refractivity contribution is 0.600. The highest BCUT2D eigenvalue weighted by Crippen LogP contribution is 2.29. The molecule has 136 valence electrons. The minimum atomic E-state index is -3.87. The fourth-order valence-electron chi connectivity index (χ4n) is 2.54. The third kappa shape index (κ3) is 4.03. The van der Waals surface area contributed by atoms with Gasteiger partial charge in [-0.05, 0) is 30.2 Å². The van der Waals surface area contributed by atoms with E-state index in [1.165, 1.54) is 16.8 Å². The van der Waals surface area contributed by atoms with Crippen LogP contribution in [0.3, 0.4) is 0 Å². The summed E-state index contributed by atoms with van der Waals surface area (Å²) in [5, 5.41) is 4.86. The maximum Gasteiger partial charge on any atom is 0.264 e. The van der Waals surface area contributed by atoms with Gasteiger partial charge >= 0.3 is 0 Å². The van der Waals surface area contributed by atoms with Crippen molar-refractivity contribution in [3.63, 3.8) is 0 Å². The summed E-state index contributed by atoms with van der Waals surface area (Å²) in [7, 11) is -2.19. The normalized spacial score (nSPS) is 11.5. The van der Waals surface area contributed by atoms with Crippen molar-refractivity contribution in [2.45, 2.75) is 18.2 Å². The third-order valence-electron chi connectivity index (χ3n) is 3.90. The van der Waals surface area contributed by atoms with Crippen molar-refractivity contribution in [1.82, 2.24) is 9.78 Å². The first-order valence-corrected chi connectivity index (χ1v) is 10.1. The number of sulfonamides is 1. The van der Waals surface area contributed by atoms with Crippen LogP contribution in [0, 0.1) is 6.92 Å². The third-order valence-corrected chi connectivity index (χ3v) is 6.13. The summed E-state index contributed by atoms with van der Waals surface area (Å²) in [6.45, 7) is 1.72. The monoisotopic (exact) mass is 409 g/mol. The Morgan fingerprint density at radius 2 is 1.77 bits per heavy atom. The molecule has 0 saturated heterocycles. The molecule has 3 rings (SSSR count). The van der Waals surface area contributed by atoms with Crippen LogP contribution < -0.4 is 4.72 Å². The van der Waals surface area contributed by atoms with Gasteiger partial charge in [0.1, 0.15) is 10.7 Å². The van der Waals surface area contributed by atoms with E-state index in [1.807, 2.05) is 30.3 Å². The number of aryl methyl sites for hydroxylation is 2. The predicted molar refractivity (Wildman–Crippen MR) is 104 cm³/mol. The number of hydrogen-bond acceptors (Lipinski definition) is 3. The zero-order chi connectivity index (χ0) is 18.9. The molecule has 0 unspecified atom stereocenters. The summed E-state index contributed by atoms with van der Waals surface area (Å²) in [6, 6.07) is 14.4. The van der Waals surface area contributed by atoms with Crippen molar-refractivity contribution in [3.05, 3.63) is 75.4 Å². The smallest absolute Gasteiger partial charge is 0.264 e.